The molecule has 25 heavy (non-hydrogen) atoms. The second kappa shape index (κ2) is 7.67. The molecule has 0 amide bonds. The Hall–Kier alpha value is -2.38. The van der Waals surface area contributed by atoms with E-state index in [-0.39, 0.29) is 24.2 Å². The molecule has 0 atom stereocenters. The van der Waals surface area contributed by atoms with Gasteiger partial charge in [-0.2, -0.15) is 17.6 Å². The van der Waals surface area contributed by atoms with Crippen molar-refractivity contribution in [1.29, 1.82) is 0 Å². The summed E-state index contributed by atoms with van der Waals surface area (Å²) >= 11 is 0. The fourth-order valence-corrected chi connectivity index (χ4v) is 2.35. The number of hydrogen-bond donors (Lipinski definition) is 1. The molecule has 0 spiro atoms. The molecule has 0 radical (unpaired) electrons. The smallest absolute Gasteiger partial charge is 0.368 e. The van der Waals surface area contributed by atoms with Gasteiger partial charge in [-0.15, -0.1) is 0 Å². The average Bonchev–Trinajstić information content (AvgIpc) is 2.54. The molecule has 0 saturated heterocycles. The largest absolute Gasteiger partial charge is 0.416 e. The van der Waals surface area contributed by atoms with Crippen LogP contribution in [0.15, 0.2) is 30.6 Å². The third-order valence-corrected chi connectivity index (χ3v) is 3.64. The minimum Gasteiger partial charge on any atom is -0.368 e. The molecule has 4 nitrogen and oxygen atoms in total. The van der Waals surface area contributed by atoms with E-state index in [1.54, 1.807) is 4.90 Å². The third-order valence-electron chi connectivity index (χ3n) is 3.64. The Bertz CT molecular complexity index is 699. The van der Waals surface area contributed by atoms with E-state index in [0.29, 0.717) is 12.1 Å². The van der Waals surface area contributed by atoms with Gasteiger partial charge in [0, 0.05) is 19.1 Å². The van der Waals surface area contributed by atoms with Crippen molar-refractivity contribution in [2.75, 3.05) is 16.8 Å². The van der Waals surface area contributed by atoms with Gasteiger partial charge in [-0.3, -0.25) is 0 Å². The Morgan fingerprint density at radius 3 is 2.28 bits per heavy atom. The maximum absolute atomic E-state index is 14.6. The van der Waals surface area contributed by atoms with Crippen molar-refractivity contribution >= 4 is 11.6 Å². The van der Waals surface area contributed by atoms with Crippen molar-refractivity contribution in [3.8, 4) is 0 Å². The highest BCUT2D eigenvalue weighted by Gasteiger charge is 2.30. The third kappa shape index (κ3) is 4.58. The normalized spacial score (nSPS) is 11.7. The minimum atomic E-state index is -4.38. The molecular weight excluding hydrogens is 336 g/mol. The summed E-state index contributed by atoms with van der Waals surface area (Å²) in [4.78, 5) is 9.56. The van der Waals surface area contributed by atoms with Gasteiger partial charge >= 0.3 is 6.18 Å². The molecule has 8 heteroatoms. The highest BCUT2D eigenvalue weighted by atomic mass is 19.4. The monoisotopic (exact) mass is 356 g/mol. The first kappa shape index (κ1) is 19.0. The number of nitrogens with zero attached hydrogens (tertiary/aromatic N) is 3. The van der Waals surface area contributed by atoms with Crippen LogP contribution in [-0.4, -0.2) is 22.6 Å². The average molecular weight is 356 g/mol. The Morgan fingerprint density at radius 1 is 1.12 bits per heavy atom. The van der Waals surface area contributed by atoms with Gasteiger partial charge in [0.2, 0.25) is 5.82 Å². The summed E-state index contributed by atoms with van der Waals surface area (Å²) in [6.07, 6.45) is -3.12. The van der Waals surface area contributed by atoms with Crippen molar-refractivity contribution in [1.82, 2.24) is 9.97 Å². The molecule has 136 valence electrons. The van der Waals surface area contributed by atoms with Crippen molar-refractivity contribution in [2.24, 2.45) is 0 Å². The van der Waals surface area contributed by atoms with Crippen molar-refractivity contribution in [3.05, 3.63) is 47.5 Å². The van der Waals surface area contributed by atoms with Gasteiger partial charge in [-0.1, -0.05) is 12.1 Å². The highest BCUT2D eigenvalue weighted by molar-refractivity contribution is 5.51. The number of benzene rings is 1. The van der Waals surface area contributed by atoms with Gasteiger partial charge in [0.1, 0.15) is 6.33 Å². The van der Waals surface area contributed by atoms with Gasteiger partial charge in [-0.25, -0.2) is 9.97 Å². The van der Waals surface area contributed by atoms with Crippen LogP contribution in [0.3, 0.4) is 0 Å². The van der Waals surface area contributed by atoms with E-state index >= 15 is 0 Å². The SMILES string of the molecule is CCNc1ncnc(N(Cc2ccc(C(F)(F)F)cc2)C(C)C)c1F. The van der Waals surface area contributed by atoms with Crippen LogP contribution in [0.1, 0.15) is 31.9 Å². The van der Waals surface area contributed by atoms with E-state index in [2.05, 4.69) is 15.3 Å². The van der Waals surface area contributed by atoms with Crippen LogP contribution in [-0.2, 0) is 12.7 Å². The van der Waals surface area contributed by atoms with E-state index in [4.69, 9.17) is 0 Å². The van der Waals surface area contributed by atoms with E-state index in [1.165, 1.54) is 18.5 Å². The maximum atomic E-state index is 14.6. The van der Waals surface area contributed by atoms with Crippen LogP contribution in [0, 0.1) is 5.82 Å². The van der Waals surface area contributed by atoms with Gasteiger partial charge in [0.25, 0.3) is 0 Å². The van der Waals surface area contributed by atoms with Crippen LogP contribution < -0.4 is 10.2 Å². The number of rotatable bonds is 6. The molecule has 1 heterocycles. The molecule has 0 saturated carbocycles. The number of aromatic nitrogens is 2. The van der Waals surface area contributed by atoms with Crippen LogP contribution in [0.25, 0.3) is 0 Å². The highest BCUT2D eigenvalue weighted by Crippen LogP contribution is 2.30. The lowest BCUT2D eigenvalue weighted by atomic mass is 10.1. The molecule has 2 aromatic rings. The molecule has 0 fully saturated rings. The minimum absolute atomic E-state index is 0.102. The zero-order valence-corrected chi connectivity index (χ0v) is 14.2. The molecule has 0 aliphatic heterocycles. The lowest BCUT2D eigenvalue weighted by molar-refractivity contribution is -0.137. The van der Waals surface area contributed by atoms with E-state index in [9.17, 15) is 17.6 Å². The number of halogens is 4. The van der Waals surface area contributed by atoms with Crippen LogP contribution in [0.5, 0.6) is 0 Å². The fraction of sp³-hybridized carbons (Fsp3) is 0.412. The summed E-state index contributed by atoms with van der Waals surface area (Å²) in [5.74, 6) is -0.364. The van der Waals surface area contributed by atoms with E-state index < -0.39 is 17.6 Å². The molecule has 2 rings (SSSR count). The summed E-state index contributed by atoms with van der Waals surface area (Å²) in [6.45, 7) is 6.28. The quantitative estimate of drug-likeness (QED) is 0.775. The summed E-state index contributed by atoms with van der Waals surface area (Å²) in [7, 11) is 0. The molecule has 0 aliphatic rings. The molecule has 0 bridgehead atoms. The number of anilines is 2. The predicted octanol–water partition coefficient (Wildman–Crippen LogP) is 4.48. The van der Waals surface area contributed by atoms with E-state index in [1.807, 2.05) is 20.8 Å². The molecular formula is C17H20F4N4. The molecule has 1 N–H and O–H groups in total. The number of hydrogen-bond acceptors (Lipinski definition) is 4. The lowest BCUT2D eigenvalue weighted by Crippen LogP contribution is -2.32. The topological polar surface area (TPSA) is 41.1 Å². The van der Waals surface area contributed by atoms with Crippen molar-refractivity contribution in [3.63, 3.8) is 0 Å². The molecule has 0 unspecified atom stereocenters. The Kier molecular flexibility index (Phi) is 5.81. The standard InChI is InChI=1S/C17H20F4N4/c1-4-22-15-14(18)16(24-10-23-15)25(11(2)3)9-12-5-7-13(8-6-12)17(19,20)21/h5-8,10-11H,4,9H2,1-3H3,(H,22,23,24). The van der Waals surface area contributed by atoms with Crippen LogP contribution >= 0.6 is 0 Å². The zero-order valence-electron chi connectivity index (χ0n) is 14.2. The van der Waals surface area contributed by atoms with Crippen LogP contribution in [0.4, 0.5) is 29.2 Å². The van der Waals surface area contributed by atoms with E-state index in [0.717, 1.165) is 12.1 Å². The van der Waals surface area contributed by atoms with Gasteiger partial charge < -0.3 is 10.2 Å². The van der Waals surface area contributed by atoms with Gasteiger partial charge in [-0.05, 0) is 38.5 Å². The summed E-state index contributed by atoms with van der Waals surface area (Å²) in [6, 6.07) is 4.72. The lowest BCUT2D eigenvalue weighted by Gasteiger charge is -2.28. The van der Waals surface area contributed by atoms with Crippen molar-refractivity contribution in [2.45, 2.75) is 39.5 Å². The fourth-order valence-electron chi connectivity index (χ4n) is 2.35. The van der Waals surface area contributed by atoms with Crippen LogP contribution in [0.2, 0.25) is 0 Å². The maximum Gasteiger partial charge on any atom is 0.416 e. The summed E-state index contributed by atoms with van der Waals surface area (Å²) in [5, 5.41) is 2.82. The first-order valence-electron chi connectivity index (χ1n) is 7.91. The Balaban J connectivity index is 2.29. The van der Waals surface area contributed by atoms with Crippen molar-refractivity contribution < 1.29 is 17.6 Å². The van der Waals surface area contributed by atoms with Gasteiger partial charge in [0.05, 0.1) is 5.56 Å². The number of nitrogens with one attached hydrogen (secondary N) is 1. The second-order valence-electron chi connectivity index (χ2n) is 5.81. The Morgan fingerprint density at radius 2 is 1.76 bits per heavy atom. The number of alkyl halides is 3. The molecule has 1 aromatic heterocycles. The first-order valence-corrected chi connectivity index (χ1v) is 7.91. The first-order chi connectivity index (χ1) is 11.7. The zero-order chi connectivity index (χ0) is 18.6. The van der Waals surface area contributed by atoms with Gasteiger partial charge in [0.15, 0.2) is 11.6 Å². The molecule has 0 aliphatic carbocycles. The second-order valence-corrected chi connectivity index (χ2v) is 5.81. The molecule has 1 aromatic carbocycles. The summed E-state index contributed by atoms with van der Waals surface area (Å²) in [5.41, 5.74) is -0.0836. The summed E-state index contributed by atoms with van der Waals surface area (Å²) < 4.78 is 52.6. The Labute approximate surface area is 143 Å². The predicted molar refractivity (Wildman–Crippen MR) is 88.9 cm³/mol.